The van der Waals surface area contributed by atoms with E-state index in [9.17, 15) is 0 Å². The van der Waals surface area contributed by atoms with Crippen molar-refractivity contribution in [2.24, 2.45) is 0 Å². The molecule has 4 heteroatoms. The molecule has 0 saturated heterocycles. The van der Waals surface area contributed by atoms with E-state index in [0.29, 0.717) is 0 Å². The average Bonchev–Trinajstić information content (AvgIpc) is 2.22. The van der Waals surface area contributed by atoms with Crippen LogP contribution in [0.5, 0.6) is 0 Å². The minimum Gasteiger partial charge on any atom is -0.356 e. The lowest BCUT2D eigenvalue weighted by Gasteiger charge is -2.09. The summed E-state index contributed by atoms with van der Waals surface area (Å²) in [4.78, 5) is 0. The third-order valence-corrected chi connectivity index (χ3v) is 1.66. The summed E-state index contributed by atoms with van der Waals surface area (Å²) in [6.45, 7) is 9.26. The first-order valence-electron chi connectivity index (χ1n) is 5.44. The van der Waals surface area contributed by atoms with E-state index in [0.717, 1.165) is 19.6 Å². The minimum absolute atomic E-state index is 0.0139. The van der Waals surface area contributed by atoms with Gasteiger partial charge in [-0.05, 0) is 27.2 Å². The van der Waals surface area contributed by atoms with Crippen molar-refractivity contribution in [2.75, 3.05) is 27.4 Å². The summed E-state index contributed by atoms with van der Waals surface area (Å²) >= 11 is 0. The first-order valence-corrected chi connectivity index (χ1v) is 5.44. The predicted molar refractivity (Wildman–Crippen MR) is 60.8 cm³/mol. The van der Waals surface area contributed by atoms with Crippen LogP contribution in [0.15, 0.2) is 0 Å². The molecule has 0 aliphatic heterocycles. The molecule has 94 valence electrons. The summed E-state index contributed by atoms with van der Waals surface area (Å²) in [7, 11) is 3.27. The molecule has 0 fully saturated rings. The zero-order valence-electron chi connectivity index (χ0n) is 10.9. The second-order valence-corrected chi connectivity index (χ2v) is 2.79. The van der Waals surface area contributed by atoms with Crippen molar-refractivity contribution in [3.05, 3.63) is 0 Å². The Bertz CT molecular complexity index is 93.3. The van der Waals surface area contributed by atoms with E-state index in [-0.39, 0.29) is 12.6 Å². The lowest BCUT2D eigenvalue weighted by molar-refractivity contribution is -0.123. The van der Waals surface area contributed by atoms with Crippen molar-refractivity contribution in [3.8, 4) is 0 Å². The van der Waals surface area contributed by atoms with Gasteiger partial charge in [0.05, 0.1) is 0 Å². The number of hydrogen-bond acceptors (Lipinski definition) is 4. The molecular formula is C11H26O4. The molecule has 0 bridgehead atoms. The van der Waals surface area contributed by atoms with Crippen LogP contribution in [0, 0.1) is 0 Å². The van der Waals surface area contributed by atoms with E-state index < -0.39 is 0 Å². The molecule has 0 rings (SSSR count). The highest BCUT2D eigenvalue weighted by Crippen LogP contribution is 1.93. The summed E-state index contributed by atoms with van der Waals surface area (Å²) in [6, 6.07) is 0. The Labute approximate surface area is 93.8 Å². The van der Waals surface area contributed by atoms with Crippen LogP contribution in [0.1, 0.15) is 34.1 Å². The van der Waals surface area contributed by atoms with Gasteiger partial charge in [0.2, 0.25) is 0 Å². The standard InChI is InChI=1S/C6H14O2.C5H12O2/c1-4-7-6(3)8-5-2;1-4-5(6-2)7-3/h6H,4-5H2,1-3H3;5H,4H2,1-3H3. The summed E-state index contributed by atoms with van der Waals surface area (Å²) in [6.07, 6.45) is 0.859. The Hall–Kier alpha value is -0.160. The van der Waals surface area contributed by atoms with E-state index in [4.69, 9.17) is 18.9 Å². The average molecular weight is 222 g/mol. The van der Waals surface area contributed by atoms with Crippen LogP contribution < -0.4 is 0 Å². The first kappa shape index (κ1) is 17.2. The fourth-order valence-corrected chi connectivity index (χ4v) is 0.947. The largest absolute Gasteiger partial charge is 0.356 e. The van der Waals surface area contributed by atoms with Gasteiger partial charge >= 0.3 is 0 Å². The number of ether oxygens (including phenoxy) is 4. The van der Waals surface area contributed by atoms with Gasteiger partial charge in [-0.2, -0.15) is 0 Å². The fraction of sp³-hybridized carbons (Fsp3) is 1.00. The van der Waals surface area contributed by atoms with E-state index in [1.165, 1.54) is 0 Å². The van der Waals surface area contributed by atoms with Gasteiger partial charge in [0.15, 0.2) is 12.6 Å². The van der Waals surface area contributed by atoms with Gasteiger partial charge in [-0.25, -0.2) is 0 Å². The molecule has 0 radical (unpaired) electrons. The maximum Gasteiger partial charge on any atom is 0.156 e. The molecule has 0 aliphatic rings. The van der Waals surface area contributed by atoms with Gasteiger partial charge in [-0.3, -0.25) is 0 Å². The summed E-state index contributed by atoms with van der Waals surface area (Å²) in [5.74, 6) is 0. The van der Waals surface area contributed by atoms with Crippen molar-refractivity contribution in [2.45, 2.75) is 46.7 Å². The molecule has 0 spiro atoms. The van der Waals surface area contributed by atoms with Crippen LogP contribution in [-0.2, 0) is 18.9 Å². The molecule has 0 unspecified atom stereocenters. The number of methoxy groups -OCH3 is 2. The Morgan fingerprint density at radius 3 is 1.40 bits per heavy atom. The molecule has 0 N–H and O–H groups in total. The quantitative estimate of drug-likeness (QED) is 0.620. The van der Waals surface area contributed by atoms with Crippen LogP contribution in [0.2, 0.25) is 0 Å². The second kappa shape index (κ2) is 13.8. The normalized spacial score (nSPS) is 10.4. The van der Waals surface area contributed by atoms with Gasteiger partial charge in [0.25, 0.3) is 0 Å². The highest BCUT2D eigenvalue weighted by atomic mass is 16.7. The Balaban J connectivity index is 0. The Morgan fingerprint density at radius 2 is 1.27 bits per heavy atom. The fourth-order valence-electron chi connectivity index (χ4n) is 0.947. The number of rotatable bonds is 7. The second-order valence-electron chi connectivity index (χ2n) is 2.79. The van der Waals surface area contributed by atoms with Crippen molar-refractivity contribution in [1.29, 1.82) is 0 Å². The summed E-state index contributed by atoms with van der Waals surface area (Å²) in [5.41, 5.74) is 0. The monoisotopic (exact) mass is 222 g/mol. The lowest BCUT2D eigenvalue weighted by atomic mass is 10.5. The Morgan fingerprint density at radius 1 is 0.867 bits per heavy atom. The van der Waals surface area contributed by atoms with Crippen LogP contribution in [0.4, 0.5) is 0 Å². The van der Waals surface area contributed by atoms with Gasteiger partial charge in [0.1, 0.15) is 0 Å². The zero-order valence-corrected chi connectivity index (χ0v) is 10.9. The highest BCUT2D eigenvalue weighted by Gasteiger charge is 1.96. The molecule has 4 nitrogen and oxygen atoms in total. The van der Waals surface area contributed by atoms with Crippen molar-refractivity contribution in [1.82, 2.24) is 0 Å². The SMILES string of the molecule is CCC(OC)OC.CCOC(C)OCC. The molecule has 0 aromatic heterocycles. The minimum atomic E-state index is -0.0370. The molecule has 15 heavy (non-hydrogen) atoms. The smallest absolute Gasteiger partial charge is 0.156 e. The van der Waals surface area contributed by atoms with Gasteiger partial charge < -0.3 is 18.9 Å². The number of hydrogen-bond donors (Lipinski definition) is 0. The highest BCUT2D eigenvalue weighted by molar-refractivity contribution is 4.31. The van der Waals surface area contributed by atoms with Crippen LogP contribution in [-0.4, -0.2) is 40.0 Å². The maximum absolute atomic E-state index is 5.06. The van der Waals surface area contributed by atoms with Gasteiger partial charge in [-0.1, -0.05) is 6.92 Å². The van der Waals surface area contributed by atoms with Crippen molar-refractivity contribution in [3.63, 3.8) is 0 Å². The van der Waals surface area contributed by atoms with Crippen molar-refractivity contribution >= 4 is 0 Å². The maximum atomic E-state index is 5.06. The van der Waals surface area contributed by atoms with E-state index in [1.54, 1.807) is 14.2 Å². The molecule has 0 saturated carbocycles. The van der Waals surface area contributed by atoms with Gasteiger partial charge in [-0.15, -0.1) is 0 Å². The predicted octanol–water partition coefficient (Wildman–Crippen LogP) is 2.42. The van der Waals surface area contributed by atoms with Crippen LogP contribution in [0.25, 0.3) is 0 Å². The summed E-state index contributed by atoms with van der Waals surface area (Å²) < 4.78 is 19.8. The molecule has 0 amide bonds. The topological polar surface area (TPSA) is 36.9 Å². The van der Waals surface area contributed by atoms with E-state index in [2.05, 4.69) is 0 Å². The van der Waals surface area contributed by atoms with E-state index in [1.807, 2.05) is 27.7 Å². The van der Waals surface area contributed by atoms with E-state index >= 15 is 0 Å². The molecule has 0 atom stereocenters. The van der Waals surface area contributed by atoms with Gasteiger partial charge in [0, 0.05) is 27.4 Å². The third kappa shape index (κ3) is 13.8. The molecule has 0 aromatic rings. The molecular weight excluding hydrogens is 196 g/mol. The Kier molecular flexibility index (Phi) is 15.9. The molecule has 0 aliphatic carbocycles. The third-order valence-electron chi connectivity index (χ3n) is 1.66. The van der Waals surface area contributed by atoms with Crippen LogP contribution >= 0.6 is 0 Å². The zero-order chi connectivity index (χ0) is 12.1. The molecule has 0 heterocycles. The summed E-state index contributed by atoms with van der Waals surface area (Å²) in [5, 5.41) is 0. The lowest BCUT2D eigenvalue weighted by Crippen LogP contribution is -2.11. The first-order chi connectivity index (χ1) is 7.15. The van der Waals surface area contributed by atoms with Crippen LogP contribution in [0.3, 0.4) is 0 Å². The molecule has 0 aromatic carbocycles. The van der Waals surface area contributed by atoms with Crippen molar-refractivity contribution < 1.29 is 18.9 Å².